The number of rotatable bonds is 1. The van der Waals surface area contributed by atoms with Crippen LogP contribution in [0.2, 0.25) is 5.02 Å². The molecule has 0 aromatic carbocycles. The third kappa shape index (κ3) is 1.70. The molecule has 3 nitrogen and oxygen atoms in total. The zero-order valence-corrected chi connectivity index (χ0v) is 9.65. The molecule has 0 saturated carbocycles. The normalized spacial score (nSPS) is 18.1. The van der Waals surface area contributed by atoms with Gasteiger partial charge in [-0.25, -0.2) is 4.98 Å². The molecule has 2 aromatic heterocycles. The standard InChI is InChI=1S/C12H13ClN2O/c13-10-2-1-5-15-8-11(14-12(10)15)9-3-6-16-7-4-9/h1-2,5,8-9H,3-4,6-7H2. The van der Waals surface area contributed by atoms with Crippen LogP contribution in [0.15, 0.2) is 24.5 Å². The van der Waals surface area contributed by atoms with Crippen LogP contribution in [0.3, 0.4) is 0 Å². The summed E-state index contributed by atoms with van der Waals surface area (Å²) in [6, 6.07) is 3.81. The van der Waals surface area contributed by atoms with Gasteiger partial charge in [0.2, 0.25) is 0 Å². The van der Waals surface area contributed by atoms with E-state index in [1.54, 1.807) is 0 Å². The van der Waals surface area contributed by atoms with E-state index in [9.17, 15) is 0 Å². The number of fused-ring (bicyclic) bond motifs is 1. The van der Waals surface area contributed by atoms with Crippen LogP contribution in [0.1, 0.15) is 24.5 Å². The van der Waals surface area contributed by atoms with E-state index < -0.39 is 0 Å². The Morgan fingerprint density at radius 2 is 2.19 bits per heavy atom. The predicted molar refractivity (Wildman–Crippen MR) is 63.0 cm³/mol. The van der Waals surface area contributed by atoms with Crippen molar-refractivity contribution in [3.05, 3.63) is 35.2 Å². The van der Waals surface area contributed by atoms with E-state index in [4.69, 9.17) is 16.3 Å². The molecule has 1 aliphatic heterocycles. The minimum absolute atomic E-state index is 0.518. The molecule has 1 saturated heterocycles. The van der Waals surface area contributed by atoms with Gasteiger partial charge in [0.25, 0.3) is 0 Å². The molecule has 3 heterocycles. The summed E-state index contributed by atoms with van der Waals surface area (Å²) in [5.74, 6) is 0.518. The van der Waals surface area contributed by atoms with Crippen LogP contribution >= 0.6 is 11.6 Å². The molecule has 16 heavy (non-hydrogen) atoms. The molecule has 0 spiro atoms. The zero-order valence-electron chi connectivity index (χ0n) is 8.90. The molecule has 2 aromatic rings. The average molecular weight is 237 g/mol. The SMILES string of the molecule is Clc1cccn2cc(C3CCOCC3)nc12. The second-order valence-corrected chi connectivity index (χ2v) is 4.55. The van der Waals surface area contributed by atoms with Crippen molar-refractivity contribution in [2.75, 3.05) is 13.2 Å². The highest BCUT2D eigenvalue weighted by Gasteiger charge is 2.19. The van der Waals surface area contributed by atoms with Crippen molar-refractivity contribution in [3.63, 3.8) is 0 Å². The van der Waals surface area contributed by atoms with Gasteiger partial charge in [-0.1, -0.05) is 11.6 Å². The highest BCUT2D eigenvalue weighted by Crippen LogP contribution is 2.27. The van der Waals surface area contributed by atoms with Crippen molar-refractivity contribution < 1.29 is 4.74 Å². The Labute approximate surface area is 99.0 Å². The van der Waals surface area contributed by atoms with E-state index in [-0.39, 0.29) is 0 Å². The van der Waals surface area contributed by atoms with Gasteiger partial charge in [0.1, 0.15) is 0 Å². The summed E-state index contributed by atoms with van der Waals surface area (Å²) >= 11 is 6.10. The molecule has 0 bridgehead atoms. The van der Waals surface area contributed by atoms with Crippen molar-refractivity contribution >= 4 is 17.2 Å². The van der Waals surface area contributed by atoms with Gasteiger partial charge in [-0.2, -0.15) is 0 Å². The Morgan fingerprint density at radius 1 is 1.38 bits per heavy atom. The number of imidazole rings is 1. The molecule has 4 heteroatoms. The molecular weight excluding hydrogens is 224 g/mol. The van der Waals surface area contributed by atoms with Gasteiger partial charge in [-0.05, 0) is 25.0 Å². The summed E-state index contributed by atoms with van der Waals surface area (Å²) in [4.78, 5) is 4.61. The average Bonchev–Trinajstić information content (AvgIpc) is 2.76. The highest BCUT2D eigenvalue weighted by molar-refractivity contribution is 6.33. The number of hydrogen-bond donors (Lipinski definition) is 0. The van der Waals surface area contributed by atoms with Gasteiger partial charge in [0.05, 0.1) is 10.7 Å². The predicted octanol–water partition coefficient (Wildman–Crippen LogP) is 2.88. The van der Waals surface area contributed by atoms with E-state index in [2.05, 4.69) is 11.2 Å². The number of ether oxygens (including phenoxy) is 1. The molecule has 0 radical (unpaired) electrons. The second-order valence-electron chi connectivity index (χ2n) is 4.14. The molecular formula is C12H13ClN2O. The lowest BCUT2D eigenvalue weighted by atomic mass is 9.97. The minimum atomic E-state index is 0.518. The summed E-state index contributed by atoms with van der Waals surface area (Å²) in [7, 11) is 0. The third-order valence-corrected chi connectivity index (χ3v) is 3.39. The van der Waals surface area contributed by atoms with Gasteiger partial charge < -0.3 is 9.14 Å². The molecule has 84 valence electrons. The van der Waals surface area contributed by atoms with Gasteiger partial charge in [0, 0.05) is 31.5 Å². The maximum absolute atomic E-state index is 6.10. The summed E-state index contributed by atoms with van der Waals surface area (Å²) in [6.07, 6.45) is 6.18. The zero-order chi connectivity index (χ0) is 11.0. The first-order chi connectivity index (χ1) is 7.84. The quantitative estimate of drug-likeness (QED) is 0.761. The smallest absolute Gasteiger partial charge is 0.155 e. The first kappa shape index (κ1) is 10.1. The molecule has 3 rings (SSSR count). The van der Waals surface area contributed by atoms with E-state index in [0.717, 1.165) is 37.4 Å². The number of hydrogen-bond acceptors (Lipinski definition) is 2. The fourth-order valence-electron chi connectivity index (χ4n) is 2.19. The number of aromatic nitrogens is 2. The lowest BCUT2D eigenvalue weighted by Gasteiger charge is -2.19. The van der Waals surface area contributed by atoms with Gasteiger partial charge >= 0.3 is 0 Å². The largest absolute Gasteiger partial charge is 0.381 e. The highest BCUT2D eigenvalue weighted by atomic mass is 35.5. The summed E-state index contributed by atoms with van der Waals surface area (Å²) < 4.78 is 7.35. The Morgan fingerprint density at radius 3 is 2.94 bits per heavy atom. The molecule has 0 atom stereocenters. The van der Waals surface area contributed by atoms with E-state index >= 15 is 0 Å². The first-order valence-electron chi connectivity index (χ1n) is 5.55. The minimum Gasteiger partial charge on any atom is -0.381 e. The van der Waals surface area contributed by atoms with Crippen LogP contribution in [0.4, 0.5) is 0 Å². The van der Waals surface area contributed by atoms with Crippen molar-refractivity contribution in [1.29, 1.82) is 0 Å². The molecule has 0 unspecified atom stereocenters. The molecule has 0 amide bonds. The lowest BCUT2D eigenvalue weighted by Crippen LogP contribution is -2.14. The van der Waals surface area contributed by atoms with Gasteiger partial charge in [-0.3, -0.25) is 0 Å². The first-order valence-corrected chi connectivity index (χ1v) is 5.93. The Hall–Kier alpha value is -1.06. The molecule has 0 aliphatic carbocycles. The van der Waals surface area contributed by atoms with Crippen LogP contribution in [0.5, 0.6) is 0 Å². The van der Waals surface area contributed by atoms with Crippen molar-refractivity contribution in [1.82, 2.24) is 9.38 Å². The number of nitrogens with zero attached hydrogens (tertiary/aromatic N) is 2. The Bertz CT molecular complexity index is 503. The van der Waals surface area contributed by atoms with E-state index in [0.29, 0.717) is 10.9 Å². The van der Waals surface area contributed by atoms with E-state index in [1.807, 2.05) is 22.7 Å². The maximum Gasteiger partial charge on any atom is 0.155 e. The molecule has 1 fully saturated rings. The fourth-order valence-corrected chi connectivity index (χ4v) is 2.40. The molecule has 0 N–H and O–H groups in total. The number of halogens is 1. The second kappa shape index (κ2) is 4.07. The van der Waals surface area contributed by atoms with Crippen LogP contribution < -0.4 is 0 Å². The van der Waals surface area contributed by atoms with Crippen LogP contribution in [0, 0.1) is 0 Å². The van der Waals surface area contributed by atoms with Crippen LogP contribution in [-0.4, -0.2) is 22.6 Å². The van der Waals surface area contributed by atoms with Gasteiger partial charge in [-0.15, -0.1) is 0 Å². The lowest BCUT2D eigenvalue weighted by molar-refractivity contribution is 0.0846. The maximum atomic E-state index is 6.10. The van der Waals surface area contributed by atoms with Crippen molar-refractivity contribution in [2.24, 2.45) is 0 Å². The van der Waals surface area contributed by atoms with Crippen LogP contribution in [-0.2, 0) is 4.74 Å². The topological polar surface area (TPSA) is 26.5 Å². The Balaban J connectivity index is 2.01. The summed E-state index contributed by atoms with van der Waals surface area (Å²) in [5, 5.41) is 0.709. The Kier molecular flexibility index (Phi) is 2.58. The van der Waals surface area contributed by atoms with Gasteiger partial charge in [0.15, 0.2) is 5.65 Å². The molecule has 1 aliphatic rings. The fraction of sp³-hybridized carbons (Fsp3) is 0.417. The summed E-state index contributed by atoms with van der Waals surface area (Å²) in [5.41, 5.74) is 1.99. The third-order valence-electron chi connectivity index (χ3n) is 3.09. The summed E-state index contributed by atoms with van der Waals surface area (Å²) in [6.45, 7) is 1.68. The van der Waals surface area contributed by atoms with Crippen LogP contribution in [0.25, 0.3) is 5.65 Å². The van der Waals surface area contributed by atoms with Crippen molar-refractivity contribution in [2.45, 2.75) is 18.8 Å². The van der Waals surface area contributed by atoms with E-state index in [1.165, 1.54) is 0 Å². The number of pyridine rings is 1. The monoisotopic (exact) mass is 236 g/mol. The van der Waals surface area contributed by atoms with Crippen molar-refractivity contribution in [3.8, 4) is 0 Å².